The predicted octanol–water partition coefficient (Wildman–Crippen LogP) is 1.34. The van der Waals surface area contributed by atoms with Gasteiger partial charge < -0.3 is 0 Å². The van der Waals surface area contributed by atoms with Gasteiger partial charge in [-0.3, -0.25) is 4.18 Å². The first-order valence-electron chi connectivity index (χ1n) is 5.36. The predicted molar refractivity (Wildman–Crippen MR) is 57.2 cm³/mol. The molecule has 15 heavy (non-hydrogen) atoms. The molecule has 0 heterocycles. The zero-order valence-corrected chi connectivity index (χ0v) is 9.50. The van der Waals surface area contributed by atoms with Crippen LogP contribution < -0.4 is 5.14 Å². The quantitative estimate of drug-likeness (QED) is 0.745. The molecule has 0 aromatic carbocycles. The second kappa shape index (κ2) is 3.88. The van der Waals surface area contributed by atoms with Crippen LogP contribution in [0.1, 0.15) is 32.1 Å². The molecular formula is C10H17NO3S. The van der Waals surface area contributed by atoms with Gasteiger partial charge in [0.25, 0.3) is 0 Å². The molecule has 0 spiro atoms. The summed E-state index contributed by atoms with van der Waals surface area (Å²) >= 11 is 0. The lowest BCUT2D eigenvalue weighted by Gasteiger charge is -2.35. The number of rotatable bonds is 3. The molecule has 0 radical (unpaired) electrons. The minimum absolute atomic E-state index is 0.0290. The summed E-state index contributed by atoms with van der Waals surface area (Å²) in [7, 11) is -3.79. The van der Waals surface area contributed by atoms with Crippen LogP contribution in [0.3, 0.4) is 0 Å². The average Bonchev–Trinajstić information content (AvgIpc) is 2.57. The second-order valence-corrected chi connectivity index (χ2v) is 5.80. The molecule has 2 rings (SSSR count). The van der Waals surface area contributed by atoms with E-state index in [4.69, 9.17) is 9.32 Å². The molecule has 0 saturated heterocycles. The van der Waals surface area contributed by atoms with Crippen molar-refractivity contribution in [3.63, 3.8) is 0 Å². The van der Waals surface area contributed by atoms with Crippen molar-refractivity contribution in [1.82, 2.24) is 0 Å². The number of allylic oxidation sites excluding steroid dienone is 2. The molecule has 2 aliphatic carbocycles. The Morgan fingerprint density at radius 2 is 2.27 bits per heavy atom. The Labute approximate surface area is 90.7 Å². The Balaban J connectivity index is 2.08. The van der Waals surface area contributed by atoms with Gasteiger partial charge in [0.05, 0.1) is 6.61 Å². The van der Waals surface area contributed by atoms with E-state index < -0.39 is 10.3 Å². The van der Waals surface area contributed by atoms with E-state index in [0.29, 0.717) is 5.92 Å². The van der Waals surface area contributed by atoms with Crippen molar-refractivity contribution in [2.24, 2.45) is 16.5 Å². The molecule has 0 unspecified atom stereocenters. The first-order valence-corrected chi connectivity index (χ1v) is 6.83. The molecule has 1 fully saturated rings. The Bertz CT molecular complexity index is 363. The fourth-order valence-electron chi connectivity index (χ4n) is 2.86. The highest BCUT2D eigenvalue weighted by molar-refractivity contribution is 7.84. The maximum Gasteiger partial charge on any atom is 0.333 e. The van der Waals surface area contributed by atoms with Gasteiger partial charge in [-0.15, -0.1) is 0 Å². The molecule has 4 nitrogen and oxygen atoms in total. The molecule has 0 aromatic heterocycles. The van der Waals surface area contributed by atoms with Gasteiger partial charge in [-0.25, -0.2) is 5.14 Å². The highest BCUT2D eigenvalue weighted by atomic mass is 32.2. The third kappa shape index (κ3) is 2.41. The van der Waals surface area contributed by atoms with Crippen LogP contribution in [0.4, 0.5) is 0 Å². The molecule has 0 aromatic rings. The minimum Gasteiger partial charge on any atom is -0.258 e. The van der Waals surface area contributed by atoms with Gasteiger partial charge >= 0.3 is 10.3 Å². The zero-order valence-electron chi connectivity index (χ0n) is 8.69. The third-order valence-corrected chi connectivity index (χ3v) is 4.11. The summed E-state index contributed by atoms with van der Waals surface area (Å²) in [6, 6.07) is 0. The highest BCUT2D eigenvalue weighted by Gasteiger charge is 2.43. The van der Waals surface area contributed by atoms with Crippen molar-refractivity contribution in [1.29, 1.82) is 0 Å². The molecule has 2 atom stereocenters. The molecule has 86 valence electrons. The van der Waals surface area contributed by atoms with E-state index in [1.54, 1.807) is 0 Å². The molecule has 2 aliphatic rings. The van der Waals surface area contributed by atoms with Crippen molar-refractivity contribution >= 4 is 10.3 Å². The van der Waals surface area contributed by atoms with Crippen LogP contribution >= 0.6 is 0 Å². The fourth-order valence-corrected chi connectivity index (χ4v) is 3.26. The number of nitrogens with two attached hydrogens (primary N) is 1. The van der Waals surface area contributed by atoms with Crippen LogP contribution in [0, 0.1) is 11.3 Å². The first kappa shape index (κ1) is 11.1. The monoisotopic (exact) mass is 231 g/mol. The van der Waals surface area contributed by atoms with E-state index in [1.165, 1.54) is 0 Å². The lowest BCUT2D eigenvalue weighted by atomic mass is 9.72. The topological polar surface area (TPSA) is 69.4 Å². The van der Waals surface area contributed by atoms with Gasteiger partial charge in [-0.1, -0.05) is 18.6 Å². The van der Waals surface area contributed by atoms with Crippen LogP contribution in [0.25, 0.3) is 0 Å². The van der Waals surface area contributed by atoms with Crippen LogP contribution in [0.15, 0.2) is 12.2 Å². The van der Waals surface area contributed by atoms with Gasteiger partial charge in [0, 0.05) is 5.41 Å². The van der Waals surface area contributed by atoms with E-state index in [1.807, 2.05) is 0 Å². The SMILES string of the molecule is NS(=O)(=O)OC[C@@]12CCC=C[C@@H]1CCC2. The summed E-state index contributed by atoms with van der Waals surface area (Å²) in [6.07, 6.45) is 9.79. The lowest BCUT2D eigenvalue weighted by Crippen LogP contribution is -2.34. The van der Waals surface area contributed by atoms with Crippen molar-refractivity contribution in [3.05, 3.63) is 12.2 Å². The Morgan fingerprint density at radius 1 is 1.47 bits per heavy atom. The smallest absolute Gasteiger partial charge is 0.258 e. The Morgan fingerprint density at radius 3 is 3.00 bits per heavy atom. The van der Waals surface area contributed by atoms with Crippen LogP contribution in [0.5, 0.6) is 0 Å². The van der Waals surface area contributed by atoms with Gasteiger partial charge in [-0.05, 0) is 31.6 Å². The summed E-state index contributed by atoms with van der Waals surface area (Å²) in [5.74, 6) is 0.480. The van der Waals surface area contributed by atoms with Crippen molar-refractivity contribution < 1.29 is 12.6 Å². The van der Waals surface area contributed by atoms with Gasteiger partial charge in [-0.2, -0.15) is 8.42 Å². The highest BCUT2D eigenvalue weighted by Crippen LogP contribution is 2.50. The number of hydrogen-bond acceptors (Lipinski definition) is 3. The summed E-state index contributed by atoms with van der Waals surface area (Å²) in [5, 5.41) is 4.86. The van der Waals surface area contributed by atoms with Crippen LogP contribution in [0.2, 0.25) is 0 Å². The normalized spacial score (nSPS) is 35.4. The maximum absolute atomic E-state index is 10.8. The fraction of sp³-hybridized carbons (Fsp3) is 0.800. The molecule has 5 heteroatoms. The second-order valence-electron chi connectivity index (χ2n) is 4.58. The number of hydrogen-bond donors (Lipinski definition) is 1. The van der Waals surface area contributed by atoms with Gasteiger partial charge in [0.1, 0.15) is 0 Å². The summed E-state index contributed by atoms with van der Waals surface area (Å²) in [6.45, 7) is 0.251. The molecule has 0 aliphatic heterocycles. The van der Waals surface area contributed by atoms with Crippen LogP contribution in [-0.2, 0) is 14.5 Å². The van der Waals surface area contributed by atoms with Crippen molar-refractivity contribution in [2.45, 2.75) is 32.1 Å². The Hall–Kier alpha value is -0.390. The lowest BCUT2D eigenvalue weighted by molar-refractivity contribution is 0.108. The maximum atomic E-state index is 10.8. The summed E-state index contributed by atoms with van der Waals surface area (Å²) in [5.41, 5.74) is 0.0290. The third-order valence-electron chi connectivity index (χ3n) is 3.66. The van der Waals surface area contributed by atoms with Crippen molar-refractivity contribution in [2.75, 3.05) is 6.61 Å². The van der Waals surface area contributed by atoms with Crippen LogP contribution in [-0.4, -0.2) is 15.0 Å². The Kier molecular flexibility index (Phi) is 2.87. The van der Waals surface area contributed by atoms with Crippen molar-refractivity contribution in [3.8, 4) is 0 Å². The molecule has 1 saturated carbocycles. The van der Waals surface area contributed by atoms with E-state index in [9.17, 15) is 8.42 Å². The minimum atomic E-state index is -3.79. The van der Waals surface area contributed by atoms with Gasteiger partial charge in [0.15, 0.2) is 0 Å². The van der Waals surface area contributed by atoms with E-state index >= 15 is 0 Å². The standard InChI is InChI=1S/C10H17NO3S/c11-15(12,13)14-8-10-6-2-1-4-9(10)5-3-7-10/h1,4,9H,2-3,5-8H2,(H2,11,12,13)/t9-,10+/m1/s1. The largest absolute Gasteiger partial charge is 0.333 e. The molecular weight excluding hydrogens is 214 g/mol. The average molecular weight is 231 g/mol. The number of fused-ring (bicyclic) bond motifs is 1. The zero-order chi connectivity index (χ0) is 10.9. The molecule has 2 N–H and O–H groups in total. The summed E-state index contributed by atoms with van der Waals surface area (Å²) < 4.78 is 26.4. The molecule has 0 bridgehead atoms. The first-order chi connectivity index (χ1) is 7.02. The molecule has 0 amide bonds. The van der Waals surface area contributed by atoms with E-state index in [-0.39, 0.29) is 12.0 Å². The van der Waals surface area contributed by atoms with Gasteiger partial charge in [0.2, 0.25) is 0 Å². The van der Waals surface area contributed by atoms with E-state index in [2.05, 4.69) is 12.2 Å². The van der Waals surface area contributed by atoms with E-state index in [0.717, 1.165) is 32.1 Å². The summed E-state index contributed by atoms with van der Waals surface area (Å²) in [4.78, 5) is 0.